The van der Waals surface area contributed by atoms with Crippen molar-refractivity contribution in [3.63, 3.8) is 0 Å². The highest BCUT2D eigenvalue weighted by atomic mass is 31.2. The summed E-state index contributed by atoms with van der Waals surface area (Å²) in [6, 6.07) is 0. The molecule has 1 heterocycles. The van der Waals surface area contributed by atoms with Crippen LogP contribution in [-0.4, -0.2) is 30.9 Å². The third-order valence-corrected chi connectivity index (χ3v) is 5.83. The van der Waals surface area contributed by atoms with Gasteiger partial charge in [0.1, 0.15) is 0 Å². The Balaban J connectivity index is 2.26. The standard InChI is InChI=1S/C9H15O5P/c1-3-13-15(11,14-4-2)9-5-7(9)6-12-8(9)10/h7H,3-6H2,1-2H3/t7-,9+/m0/s1. The van der Waals surface area contributed by atoms with Crippen LogP contribution < -0.4 is 0 Å². The molecular weight excluding hydrogens is 219 g/mol. The van der Waals surface area contributed by atoms with Crippen LogP contribution in [0.3, 0.4) is 0 Å². The van der Waals surface area contributed by atoms with Crippen LogP contribution in [-0.2, 0) is 23.1 Å². The molecule has 86 valence electrons. The van der Waals surface area contributed by atoms with Crippen molar-refractivity contribution in [2.75, 3.05) is 19.8 Å². The van der Waals surface area contributed by atoms with Crippen LogP contribution in [0.4, 0.5) is 0 Å². The number of cyclic esters (lactones) is 1. The summed E-state index contributed by atoms with van der Waals surface area (Å²) in [5, 5.41) is -0.973. The zero-order valence-corrected chi connectivity index (χ0v) is 9.79. The summed E-state index contributed by atoms with van der Waals surface area (Å²) >= 11 is 0. The topological polar surface area (TPSA) is 61.8 Å². The maximum atomic E-state index is 12.4. The summed E-state index contributed by atoms with van der Waals surface area (Å²) < 4.78 is 27.7. The summed E-state index contributed by atoms with van der Waals surface area (Å²) in [5.74, 6) is -0.397. The molecule has 0 aromatic heterocycles. The lowest BCUT2D eigenvalue weighted by atomic mass is 10.4. The Hall–Kier alpha value is -0.380. The molecule has 2 fully saturated rings. The van der Waals surface area contributed by atoms with Crippen molar-refractivity contribution in [1.82, 2.24) is 0 Å². The molecule has 1 aliphatic heterocycles. The molecule has 1 saturated carbocycles. The van der Waals surface area contributed by atoms with Gasteiger partial charge in [0, 0.05) is 5.92 Å². The lowest BCUT2D eigenvalue weighted by Crippen LogP contribution is -2.24. The number of rotatable bonds is 5. The van der Waals surface area contributed by atoms with Gasteiger partial charge in [0.2, 0.25) is 0 Å². The minimum absolute atomic E-state index is 0.0222. The maximum absolute atomic E-state index is 12.4. The molecular formula is C9H15O5P. The van der Waals surface area contributed by atoms with Gasteiger partial charge in [-0.15, -0.1) is 0 Å². The Morgan fingerprint density at radius 1 is 1.47 bits per heavy atom. The number of carbonyl (C=O) groups excluding carboxylic acids is 1. The van der Waals surface area contributed by atoms with E-state index in [0.717, 1.165) is 0 Å². The normalized spacial score (nSPS) is 33.7. The van der Waals surface area contributed by atoms with Gasteiger partial charge in [0.25, 0.3) is 0 Å². The van der Waals surface area contributed by atoms with Gasteiger partial charge in [-0.1, -0.05) is 0 Å². The van der Waals surface area contributed by atoms with Crippen molar-refractivity contribution < 1.29 is 23.1 Å². The maximum Gasteiger partial charge on any atom is 0.348 e. The molecule has 2 aliphatic rings. The van der Waals surface area contributed by atoms with E-state index in [1.807, 2.05) is 0 Å². The monoisotopic (exact) mass is 234 g/mol. The van der Waals surface area contributed by atoms with Crippen molar-refractivity contribution >= 4 is 13.6 Å². The predicted octanol–water partition coefficient (Wildman–Crippen LogP) is 1.57. The molecule has 0 aromatic rings. The highest BCUT2D eigenvalue weighted by Crippen LogP contribution is 2.76. The predicted molar refractivity (Wildman–Crippen MR) is 52.7 cm³/mol. The first-order chi connectivity index (χ1) is 7.10. The molecule has 15 heavy (non-hydrogen) atoms. The molecule has 1 saturated heterocycles. The summed E-state index contributed by atoms with van der Waals surface area (Å²) in [5.41, 5.74) is 0. The van der Waals surface area contributed by atoms with Crippen LogP contribution in [0.5, 0.6) is 0 Å². The second-order valence-electron chi connectivity index (χ2n) is 3.76. The van der Waals surface area contributed by atoms with Crippen molar-refractivity contribution in [3.8, 4) is 0 Å². The highest BCUT2D eigenvalue weighted by molar-refractivity contribution is 7.57. The van der Waals surface area contributed by atoms with Gasteiger partial charge in [0.15, 0.2) is 5.16 Å². The minimum Gasteiger partial charge on any atom is -0.464 e. The van der Waals surface area contributed by atoms with E-state index in [4.69, 9.17) is 13.8 Å². The fraction of sp³-hybridized carbons (Fsp3) is 0.889. The van der Waals surface area contributed by atoms with Gasteiger partial charge in [0.05, 0.1) is 19.8 Å². The summed E-state index contributed by atoms with van der Waals surface area (Å²) in [7, 11) is -3.34. The Morgan fingerprint density at radius 3 is 2.40 bits per heavy atom. The Labute approximate surface area is 88.6 Å². The van der Waals surface area contributed by atoms with Crippen molar-refractivity contribution in [3.05, 3.63) is 0 Å². The Morgan fingerprint density at radius 2 is 2.07 bits per heavy atom. The van der Waals surface area contributed by atoms with E-state index in [2.05, 4.69) is 0 Å². The molecule has 1 aliphatic carbocycles. The highest BCUT2D eigenvalue weighted by Gasteiger charge is 2.77. The van der Waals surface area contributed by atoms with Gasteiger partial charge < -0.3 is 13.8 Å². The van der Waals surface area contributed by atoms with E-state index in [0.29, 0.717) is 13.0 Å². The van der Waals surface area contributed by atoms with Crippen LogP contribution in [0.1, 0.15) is 20.3 Å². The lowest BCUT2D eigenvalue weighted by Gasteiger charge is -2.22. The smallest absolute Gasteiger partial charge is 0.348 e. The van der Waals surface area contributed by atoms with E-state index >= 15 is 0 Å². The van der Waals surface area contributed by atoms with Gasteiger partial charge in [-0.2, -0.15) is 0 Å². The van der Waals surface area contributed by atoms with E-state index < -0.39 is 18.7 Å². The van der Waals surface area contributed by atoms with Gasteiger partial charge in [-0.3, -0.25) is 9.36 Å². The summed E-state index contributed by atoms with van der Waals surface area (Å²) in [6.07, 6.45) is 0.573. The second-order valence-corrected chi connectivity index (χ2v) is 6.07. The van der Waals surface area contributed by atoms with Gasteiger partial charge >= 0.3 is 13.6 Å². The fourth-order valence-corrected chi connectivity index (χ4v) is 4.59. The molecule has 6 heteroatoms. The zero-order chi connectivity index (χ0) is 11.1. The molecule has 0 bridgehead atoms. The first kappa shape index (κ1) is 11.1. The first-order valence-corrected chi connectivity index (χ1v) is 6.71. The Kier molecular flexibility index (Phi) is 2.65. The van der Waals surface area contributed by atoms with Crippen LogP contribution in [0.15, 0.2) is 0 Å². The van der Waals surface area contributed by atoms with Crippen molar-refractivity contribution in [2.24, 2.45) is 5.92 Å². The van der Waals surface area contributed by atoms with Crippen LogP contribution in [0, 0.1) is 5.92 Å². The summed E-state index contributed by atoms with van der Waals surface area (Å²) in [6.45, 7) is 4.38. The van der Waals surface area contributed by atoms with Crippen LogP contribution in [0.2, 0.25) is 0 Å². The number of esters is 1. The molecule has 0 amide bonds. The molecule has 0 aromatic carbocycles. The van der Waals surface area contributed by atoms with Crippen LogP contribution >= 0.6 is 7.60 Å². The number of carbonyl (C=O) groups is 1. The fourth-order valence-electron chi connectivity index (χ4n) is 2.12. The third kappa shape index (κ3) is 1.37. The molecule has 2 rings (SSSR count). The minimum atomic E-state index is -3.34. The second kappa shape index (κ2) is 3.58. The van der Waals surface area contributed by atoms with E-state index in [-0.39, 0.29) is 19.1 Å². The molecule has 2 atom stereocenters. The number of fused-ring (bicyclic) bond motifs is 1. The molecule has 0 spiro atoms. The largest absolute Gasteiger partial charge is 0.464 e. The van der Waals surface area contributed by atoms with Crippen LogP contribution in [0.25, 0.3) is 0 Å². The van der Waals surface area contributed by atoms with E-state index in [1.165, 1.54) is 0 Å². The summed E-state index contributed by atoms with van der Waals surface area (Å²) in [4.78, 5) is 11.6. The SMILES string of the molecule is CCOP(=O)(OCC)[C@]12C[C@H]1COC2=O. The average molecular weight is 234 g/mol. The number of hydrogen-bond donors (Lipinski definition) is 0. The number of hydrogen-bond acceptors (Lipinski definition) is 5. The van der Waals surface area contributed by atoms with Crippen molar-refractivity contribution in [2.45, 2.75) is 25.4 Å². The first-order valence-electron chi connectivity index (χ1n) is 5.17. The van der Waals surface area contributed by atoms with E-state index in [9.17, 15) is 9.36 Å². The average Bonchev–Trinajstić information content (AvgIpc) is 2.84. The zero-order valence-electron chi connectivity index (χ0n) is 8.89. The molecule has 0 unspecified atom stereocenters. The van der Waals surface area contributed by atoms with Gasteiger partial charge in [-0.05, 0) is 20.3 Å². The lowest BCUT2D eigenvalue weighted by molar-refractivity contribution is -0.140. The quantitative estimate of drug-likeness (QED) is 0.533. The molecule has 5 nitrogen and oxygen atoms in total. The Bertz CT molecular complexity index is 318. The van der Waals surface area contributed by atoms with Crippen molar-refractivity contribution in [1.29, 1.82) is 0 Å². The number of ether oxygens (including phenoxy) is 1. The molecule has 0 N–H and O–H groups in total. The molecule has 0 radical (unpaired) electrons. The third-order valence-electron chi connectivity index (χ3n) is 2.93. The van der Waals surface area contributed by atoms with Gasteiger partial charge in [-0.25, -0.2) is 0 Å². The van der Waals surface area contributed by atoms with E-state index in [1.54, 1.807) is 13.8 Å².